The van der Waals surface area contributed by atoms with E-state index in [1.165, 1.54) is 11.0 Å². The SMILES string of the molecule is Cn1ncnc1NC(=O)N[C@H]1CCO[C@@H]1c1ccc(Cl)cc1. The van der Waals surface area contributed by atoms with Crippen molar-refractivity contribution < 1.29 is 9.53 Å². The maximum absolute atomic E-state index is 12.1. The summed E-state index contributed by atoms with van der Waals surface area (Å²) in [6, 6.07) is 7.02. The van der Waals surface area contributed by atoms with Crippen LogP contribution in [0.2, 0.25) is 5.02 Å². The third-order valence-electron chi connectivity index (χ3n) is 3.54. The molecule has 1 aliphatic heterocycles. The van der Waals surface area contributed by atoms with E-state index < -0.39 is 0 Å². The molecule has 2 amide bonds. The number of rotatable bonds is 3. The molecular formula is C14H16ClN5O2. The first-order chi connectivity index (χ1) is 10.6. The van der Waals surface area contributed by atoms with E-state index in [1.54, 1.807) is 7.05 Å². The van der Waals surface area contributed by atoms with Crippen molar-refractivity contribution in [2.45, 2.75) is 18.6 Å². The Bertz CT molecular complexity index is 658. The van der Waals surface area contributed by atoms with Crippen LogP contribution < -0.4 is 10.6 Å². The van der Waals surface area contributed by atoms with Gasteiger partial charge in [0.1, 0.15) is 12.4 Å². The first-order valence-electron chi connectivity index (χ1n) is 6.92. The third kappa shape index (κ3) is 3.20. The van der Waals surface area contributed by atoms with Gasteiger partial charge < -0.3 is 10.1 Å². The predicted octanol–water partition coefficient (Wildman–Crippen LogP) is 2.12. The number of ether oxygens (including phenoxy) is 1. The van der Waals surface area contributed by atoms with E-state index in [0.717, 1.165) is 12.0 Å². The highest BCUT2D eigenvalue weighted by Gasteiger charge is 2.31. The Hall–Kier alpha value is -2.12. The zero-order chi connectivity index (χ0) is 15.5. The van der Waals surface area contributed by atoms with Gasteiger partial charge in [-0.05, 0) is 24.1 Å². The average Bonchev–Trinajstić information content (AvgIpc) is 3.10. The van der Waals surface area contributed by atoms with Crippen LogP contribution >= 0.6 is 11.6 Å². The molecular weight excluding hydrogens is 306 g/mol. The number of aryl methyl sites for hydroxylation is 1. The van der Waals surface area contributed by atoms with E-state index in [4.69, 9.17) is 16.3 Å². The molecule has 0 spiro atoms. The number of hydrogen-bond donors (Lipinski definition) is 2. The molecule has 8 heteroatoms. The lowest BCUT2D eigenvalue weighted by molar-refractivity contribution is 0.100. The number of anilines is 1. The Kier molecular flexibility index (Phi) is 4.26. The summed E-state index contributed by atoms with van der Waals surface area (Å²) >= 11 is 5.90. The summed E-state index contributed by atoms with van der Waals surface area (Å²) in [6.07, 6.45) is 1.95. The minimum Gasteiger partial charge on any atom is -0.371 e. The van der Waals surface area contributed by atoms with E-state index in [-0.39, 0.29) is 18.2 Å². The van der Waals surface area contributed by atoms with E-state index in [2.05, 4.69) is 20.7 Å². The Morgan fingerprint density at radius 2 is 2.18 bits per heavy atom. The molecule has 2 heterocycles. The lowest BCUT2D eigenvalue weighted by Gasteiger charge is -2.20. The molecule has 1 fully saturated rings. The molecule has 1 aromatic carbocycles. The van der Waals surface area contributed by atoms with Crippen molar-refractivity contribution in [3.05, 3.63) is 41.2 Å². The second-order valence-corrected chi connectivity index (χ2v) is 5.48. The van der Waals surface area contributed by atoms with Crippen LogP contribution in [0.4, 0.5) is 10.7 Å². The van der Waals surface area contributed by atoms with Crippen LogP contribution in [0.1, 0.15) is 18.1 Å². The number of hydrogen-bond acceptors (Lipinski definition) is 4. The fourth-order valence-corrected chi connectivity index (χ4v) is 2.56. The van der Waals surface area contributed by atoms with E-state index in [1.807, 2.05) is 24.3 Å². The summed E-state index contributed by atoms with van der Waals surface area (Å²) in [5.41, 5.74) is 0.992. The van der Waals surface area contributed by atoms with Crippen LogP contribution in [-0.4, -0.2) is 33.4 Å². The first-order valence-corrected chi connectivity index (χ1v) is 7.30. The lowest BCUT2D eigenvalue weighted by atomic mass is 10.0. The fourth-order valence-electron chi connectivity index (χ4n) is 2.43. The number of halogens is 1. The van der Waals surface area contributed by atoms with Gasteiger partial charge in [0.2, 0.25) is 5.95 Å². The van der Waals surface area contributed by atoms with Crippen molar-refractivity contribution >= 4 is 23.6 Å². The minimum absolute atomic E-state index is 0.102. The van der Waals surface area contributed by atoms with Gasteiger partial charge in [-0.3, -0.25) is 5.32 Å². The topological polar surface area (TPSA) is 81.1 Å². The maximum Gasteiger partial charge on any atom is 0.321 e. The Morgan fingerprint density at radius 1 is 1.41 bits per heavy atom. The predicted molar refractivity (Wildman–Crippen MR) is 81.7 cm³/mol. The van der Waals surface area contributed by atoms with Gasteiger partial charge in [-0.1, -0.05) is 23.7 Å². The molecule has 2 atom stereocenters. The average molecular weight is 322 g/mol. The number of aromatic nitrogens is 3. The molecule has 0 unspecified atom stereocenters. The Labute approximate surface area is 132 Å². The fraction of sp³-hybridized carbons (Fsp3) is 0.357. The Balaban J connectivity index is 1.64. The molecule has 2 aromatic rings. The van der Waals surface area contributed by atoms with Crippen LogP contribution in [0, 0.1) is 0 Å². The Morgan fingerprint density at radius 3 is 2.86 bits per heavy atom. The monoisotopic (exact) mass is 321 g/mol. The highest BCUT2D eigenvalue weighted by atomic mass is 35.5. The van der Waals surface area contributed by atoms with Crippen molar-refractivity contribution in [3.8, 4) is 0 Å². The molecule has 7 nitrogen and oxygen atoms in total. The molecule has 1 saturated heterocycles. The summed E-state index contributed by atoms with van der Waals surface area (Å²) in [4.78, 5) is 16.0. The van der Waals surface area contributed by atoms with E-state index in [0.29, 0.717) is 17.6 Å². The summed E-state index contributed by atoms with van der Waals surface area (Å²) in [6.45, 7) is 0.599. The van der Waals surface area contributed by atoms with Crippen LogP contribution in [0.25, 0.3) is 0 Å². The minimum atomic E-state index is -0.328. The number of carbonyl (C=O) groups excluding carboxylic acids is 1. The third-order valence-corrected chi connectivity index (χ3v) is 3.80. The van der Waals surface area contributed by atoms with Gasteiger partial charge in [0, 0.05) is 18.7 Å². The number of nitrogens with zero attached hydrogens (tertiary/aromatic N) is 3. The van der Waals surface area contributed by atoms with Crippen molar-refractivity contribution in [1.29, 1.82) is 0 Å². The molecule has 0 saturated carbocycles. The molecule has 22 heavy (non-hydrogen) atoms. The second-order valence-electron chi connectivity index (χ2n) is 5.04. The molecule has 1 aromatic heterocycles. The number of benzene rings is 1. The summed E-state index contributed by atoms with van der Waals surface area (Å²) in [7, 11) is 1.71. The second kappa shape index (κ2) is 6.33. The summed E-state index contributed by atoms with van der Waals surface area (Å²) in [5, 5.41) is 10.1. The summed E-state index contributed by atoms with van der Waals surface area (Å²) < 4.78 is 7.22. The lowest BCUT2D eigenvalue weighted by Crippen LogP contribution is -2.40. The summed E-state index contributed by atoms with van der Waals surface area (Å²) in [5.74, 6) is 0.388. The zero-order valence-corrected chi connectivity index (χ0v) is 12.7. The molecule has 0 bridgehead atoms. The van der Waals surface area contributed by atoms with Crippen LogP contribution in [0.15, 0.2) is 30.6 Å². The van der Waals surface area contributed by atoms with Crippen LogP contribution in [0.5, 0.6) is 0 Å². The number of urea groups is 1. The highest BCUT2D eigenvalue weighted by molar-refractivity contribution is 6.30. The van der Waals surface area contributed by atoms with Gasteiger partial charge in [-0.15, -0.1) is 0 Å². The van der Waals surface area contributed by atoms with Crippen LogP contribution in [0.3, 0.4) is 0 Å². The number of nitrogens with one attached hydrogen (secondary N) is 2. The van der Waals surface area contributed by atoms with Gasteiger partial charge in [0.05, 0.1) is 6.04 Å². The zero-order valence-electron chi connectivity index (χ0n) is 12.0. The molecule has 3 rings (SSSR count). The highest BCUT2D eigenvalue weighted by Crippen LogP contribution is 2.29. The quantitative estimate of drug-likeness (QED) is 0.907. The van der Waals surface area contributed by atoms with Gasteiger partial charge >= 0.3 is 6.03 Å². The van der Waals surface area contributed by atoms with Crippen molar-refractivity contribution in [2.75, 3.05) is 11.9 Å². The maximum atomic E-state index is 12.1. The van der Waals surface area contributed by atoms with Gasteiger partial charge in [0.15, 0.2) is 0 Å². The normalized spacial score (nSPS) is 20.8. The number of amides is 2. The standard InChI is InChI=1S/C14H16ClN5O2/c1-20-13(16-8-17-20)19-14(21)18-11-6-7-22-12(11)9-2-4-10(15)5-3-9/h2-5,8,11-12H,6-7H2,1H3,(H2,16,17,18,19,21)/t11-,12+/m0/s1. The van der Waals surface area contributed by atoms with E-state index in [9.17, 15) is 4.79 Å². The molecule has 0 radical (unpaired) electrons. The van der Waals surface area contributed by atoms with Crippen molar-refractivity contribution in [3.63, 3.8) is 0 Å². The largest absolute Gasteiger partial charge is 0.371 e. The van der Waals surface area contributed by atoms with Crippen LogP contribution in [-0.2, 0) is 11.8 Å². The molecule has 2 N–H and O–H groups in total. The molecule has 116 valence electrons. The van der Waals surface area contributed by atoms with Gasteiger partial charge in [-0.2, -0.15) is 10.1 Å². The molecule has 0 aliphatic carbocycles. The molecule has 1 aliphatic rings. The number of carbonyl (C=O) groups is 1. The smallest absolute Gasteiger partial charge is 0.321 e. The van der Waals surface area contributed by atoms with E-state index >= 15 is 0 Å². The van der Waals surface area contributed by atoms with Crippen molar-refractivity contribution in [1.82, 2.24) is 20.1 Å². The first kappa shape index (κ1) is 14.8. The van der Waals surface area contributed by atoms with Crippen molar-refractivity contribution in [2.24, 2.45) is 7.05 Å². The van der Waals surface area contributed by atoms with Gasteiger partial charge in [0.25, 0.3) is 0 Å². The van der Waals surface area contributed by atoms with Gasteiger partial charge in [-0.25, -0.2) is 9.48 Å².